The van der Waals surface area contributed by atoms with E-state index >= 15 is 0 Å². The molecule has 0 atom stereocenters. The van der Waals surface area contributed by atoms with Crippen LogP contribution in [0.3, 0.4) is 0 Å². The Balaban J connectivity index is 2.27. The number of thioether (sulfide) groups is 1. The zero-order valence-electron chi connectivity index (χ0n) is 8.71. The Bertz CT molecular complexity index is 456. The van der Waals surface area contributed by atoms with Crippen molar-refractivity contribution in [1.82, 2.24) is 9.88 Å². The molecule has 0 bridgehead atoms. The topological polar surface area (TPSA) is 50.3 Å². The molecule has 1 aliphatic rings. The Kier molecular flexibility index (Phi) is 3.05. The molecule has 1 aromatic heterocycles. The molecular weight excluding hydrogens is 224 g/mol. The van der Waals surface area contributed by atoms with Crippen molar-refractivity contribution < 1.29 is 9.59 Å². The number of aromatic nitrogens is 1. The smallest absolute Gasteiger partial charge is 0.269 e. The quantitative estimate of drug-likeness (QED) is 0.736. The molecular formula is C11H10N2O2S. The van der Waals surface area contributed by atoms with E-state index in [0.717, 1.165) is 17.3 Å². The lowest BCUT2D eigenvalue weighted by Crippen LogP contribution is -2.27. The summed E-state index contributed by atoms with van der Waals surface area (Å²) in [6, 6.07) is 3.63. The minimum absolute atomic E-state index is 0.206. The summed E-state index contributed by atoms with van der Waals surface area (Å²) in [6.07, 6.45) is 5.00. The maximum Gasteiger partial charge on any atom is 0.293 e. The van der Waals surface area contributed by atoms with Gasteiger partial charge in [-0.2, -0.15) is 0 Å². The molecule has 5 heteroatoms. The average Bonchev–Trinajstić information content (AvgIpc) is 2.55. The van der Waals surface area contributed by atoms with Crippen LogP contribution in [0.2, 0.25) is 0 Å². The summed E-state index contributed by atoms with van der Waals surface area (Å²) in [4.78, 5) is 28.8. The zero-order chi connectivity index (χ0) is 11.5. The van der Waals surface area contributed by atoms with Crippen LogP contribution in [-0.4, -0.2) is 27.6 Å². The number of hydrogen-bond acceptors (Lipinski definition) is 4. The van der Waals surface area contributed by atoms with E-state index in [4.69, 9.17) is 0 Å². The van der Waals surface area contributed by atoms with Crippen molar-refractivity contribution in [1.29, 1.82) is 0 Å². The summed E-state index contributed by atoms with van der Waals surface area (Å²) in [5.41, 5.74) is 0.823. The predicted octanol–water partition coefficient (Wildman–Crippen LogP) is 2.14. The van der Waals surface area contributed by atoms with Gasteiger partial charge in [0.05, 0.1) is 4.91 Å². The van der Waals surface area contributed by atoms with Gasteiger partial charge in [0.2, 0.25) is 0 Å². The van der Waals surface area contributed by atoms with Gasteiger partial charge in [-0.05, 0) is 36.4 Å². The third kappa shape index (κ3) is 1.99. The lowest BCUT2D eigenvalue weighted by molar-refractivity contribution is -0.122. The Hall–Kier alpha value is -1.62. The van der Waals surface area contributed by atoms with E-state index in [1.54, 1.807) is 31.5 Å². The van der Waals surface area contributed by atoms with Gasteiger partial charge in [-0.1, -0.05) is 6.07 Å². The number of carbonyl (C=O) groups is 2. The van der Waals surface area contributed by atoms with Crippen molar-refractivity contribution in [3.63, 3.8) is 0 Å². The number of hydrogen-bond donors (Lipinski definition) is 0. The molecule has 0 radical (unpaired) electrons. The highest BCUT2D eigenvalue weighted by Crippen LogP contribution is 2.31. The van der Waals surface area contributed by atoms with E-state index in [1.165, 1.54) is 4.90 Å². The number of carbonyl (C=O) groups excluding carboxylic acids is 2. The van der Waals surface area contributed by atoms with Crippen LogP contribution in [0.1, 0.15) is 12.5 Å². The molecule has 2 heterocycles. The zero-order valence-corrected chi connectivity index (χ0v) is 9.53. The monoisotopic (exact) mass is 234 g/mol. The normalized spacial score (nSPS) is 18.6. The summed E-state index contributed by atoms with van der Waals surface area (Å²) < 4.78 is 0. The van der Waals surface area contributed by atoms with Gasteiger partial charge in [-0.3, -0.25) is 19.5 Å². The minimum atomic E-state index is -0.221. The second-order valence-electron chi connectivity index (χ2n) is 3.21. The first-order valence-electron chi connectivity index (χ1n) is 4.87. The highest BCUT2D eigenvalue weighted by molar-refractivity contribution is 8.18. The maximum absolute atomic E-state index is 11.7. The van der Waals surface area contributed by atoms with E-state index < -0.39 is 0 Å². The number of amides is 2. The van der Waals surface area contributed by atoms with Crippen molar-refractivity contribution >= 4 is 29.0 Å². The first kappa shape index (κ1) is 10.9. The first-order chi connectivity index (χ1) is 7.72. The third-order valence-electron chi connectivity index (χ3n) is 2.17. The predicted molar refractivity (Wildman–Crippen MR) is 62.6 cm³/mol. The van der Waals surface area contributed by atoms with E-state index in [-0.39, 0.29) is 11.1 Å². The van der Waals surface area contributed by atoms with Gasteiger partial charge < -0.3 is 0 Å². The minimum Gasteiger partial charge on any atom is -0.269 e. The molecule has 2 rings (SSSR count). The number of rotatable bonds is 2. The Morgan fingerprint density at radius 2 is 2.31 bits per heavy atom. The van der Waals surface area contributed by atoms with E-state index in [1.807, 2.05) is 6.07 Å². The van der Waals surface area contributed by atoms with Gasteiger partial charge in [-0.15, -0.1) is 0 Å². The van der Waals surface area contributed by atoms with E-state index in [0.29, 0.717) is 11.4 Å². The van der Waals surface area contributed by atoms with Crippen molar-refractivity contribution in [3.05, 3.63) is 35.0 Å². The molecule has 1 aromatic rings. The lowest BCUT2D eigenvalue weighted by Gasteiger charge is -2.06. The molecule has 2 amide bonds. The van der Waals surface area contributed by atoms with Crippen LogP contribution in [-0.2, 0) is 4.79 Å². The van der Waals surface area contributed by atoms with Gasteiger partial charge in [0.15, 0.2) is 0 Å². The number of imide groups is 1. The Morgan fingerprint density at radius 3 is 2.88 bits per heavy atom. The molecule has 1 aliphatic heterocycles. The van der Waals surface area contributed by atoms with Gasteiger partial charge in [0.25, 0.3) is 11.1 Å². The fraction of sp³-hybridized carbons (Fsp3) is 0.182. The van der Waals surface area contributed by atoms with Gasteiger partial charge in [0.1, 0.15) is 0 Å². The summed E-state index contributed by atoms with van der Waals surface area (Å²) in [6.45, 7) is 2.19. The standard InChI is InChI=1S/C11H10N2O2S/c1-2-13-10(14)9(16-11(13)15)6-8-4-3-5-12-7-8/h3-7H,2H2,1H3/b9-6-. The summed E-state index contributed by atoms with van der Waals surface area (Å²) >= 11 is 0.972. The molecule has 0 aliphatic carbocycles. The molecule has 4 nitrogen and oxygen atoms in total. The molecule has 1 saturated heterocycles. The van der Waals surface area contributed by atoms with Gasteiger partial charge in [-0.25, -0.2) is 0 Å². The van der Waals surface area contributed by atoms with Crippen LogP contribution in [0.4, 0.5) is 4.79 Å². The molecule has 82 valence electrons. The molecule has 0 N–H and O–H groups in total. The van der Waals surface area contributed by atoms with Crippen LogP contribution >= 0.6 is 11.8 Å². The van der Waals surface area contributed by atoms with Crippen molar-refractivity contribution in [2.45, 2.75) is 6.92 Å². The van der Waals surface area contributed by atoms with E-state index in [9.17, 15) is 9.59 Å². The van der Waals surface area contributed by atoms with Gasteiger partial charge >= 0.3 is 0 Å². The van der Waals surface area contributed by atoms with Crippen molar-refractivity contribution in [3.8, 4) is 0 Å². The SMILES string of the molecule is CCN1C(=O)S/C(=C\c2cccnc2)C1=O. The Morgan fingerprint density at radius 1 is 1.50 bits per heavy atom. The Labute approximate surface area is 97.4 Å². The molecule has 1 fully saturated rings. The summed E-state index contributed by atoms with van der Waals surface area (Å²) in [5.74, 6) is -0.221. The fourth-order valence-electron chi connectivity index (χ4n) is 1.39. The van der Waals surface area contributed by atoms with Crippen LogP contribution < -0.4 is 0 Å². The molecule has 0 unspecified atom stereocenters. The third-order valence-corrected chi connectivity index (χ3v) is 3.08. The highest BCUT2D eigenvalue weighted by atomic mass is 32.2. The van der Waals surface area contributed by atoms with Gasteiger partial charge in [0, 0.05) is 18.9 Å². The first-order valence-corrected chi connectivity index (χ1v) is 5.69. The number of pyridine rings is 1. The number of nitrogens with zero attached hydrogens (tertiary/aromatic N) is 2. The number of likely N-dealkylation sites (N-methyl/N-ethyl adjacent to an activating group) is 1. The van der Waals surface area contributed by atoms with Crippen LogP contribution in [0.5, 0.6) is 0 Å². The fourth-order valence-corrected chi connectivity index (χ4v) is 2.29. The summed E-state index contributed by atoms with van der Waals surface area (Å²) in [5, 5.41) is -0.206. The highest BCUT2D eigenvalue weighted by Gasteiger charge is 2.33. The molecule has 0 aromatic carbocycles. The molecule has 0 saturated carbocycles. The average molecular weight is 234 g/mol. The second kappa shape index (κ2) is 4.49. The van der Waals surface area contributed by atoms with Crippen LogP contribution in [0, 0.1) is 0 Å². The largest absolute Gasteiger partial charge is 0.293 e. The maximum atomic E-state index is 11.7. The lowest BCUT2D eigenvalue weighted by atomic mass is 10.2. The van der Waals surface area contributed by atoms with Crippen molar-refractivity contribution in [2.75, 3.05) is 6.54 Å². The molecule has 16 heavy (non-hydrogen) atoms. The van der Waals surface area contributed by atoms with E-state index in [2.05, 4.69) is 4.98 Å². The van der Waals surface area contributed by atoms with Crippen LogP contribution in [0.15, 0.2) is 29.4 Å². The molecule has 0 spiro atoms. The second-order valence-corrected chi connectivity index (χ2v) is 4.21. The van der Waals surface area contributed by atoms with Crippen LogP contribution in [0.25, 0.3) is 6.08 Å². The summed E-state index contributed by atoms with van der Waals surface area (Å²) in [7, 11) is 0. The van der Waals surface area contributed by atoms with Crippen molar-refractivity contribution in [2.24, 2.45) is 0 Å².